The Bertz CT molecular complexity index is 560. The first-order valence-corrected chi connectivity index (χ1v) is 8.43. The Morgan fingerprint density at radius 3 is 2.71 bits per heavy atom. The van der Waals surface area contributed by atoms with Gasteiger partial charge in [-0.15, -0.1) is 10.2 Å². The van der Waals surface area contributed by atoms with E-state index in [2.05, 4.69) is 40.0 Å². The van der Waals surface area contributed by atoms with Gasteiger partial charge in [0.2, 0.25) is 0 Å². The predicted molar refractivity (Wildman–Crippen MR) is 86.8 cm³/mol. The summed E-state index contributed by atoms with van der Waals surface area (Å²) in [5, 5.41) is 18.7. The number of rotatable bonds is 7. The number of hydrogen-bond donors (Lipinski definition) is 1. The minimum absolute atomic E-state index is 0.254. The van der Waals surface area contributed by atoms with E-state index < -0.39 is 6.10 Å². The number of thioether (sulfide) groups is 1. The predicted octanol–water partition coefficient (Wildman–Crippen LogP) is 3.15. The number of aliphatic hydroxyl groups excluding tert-OH is 1. The summed E-state index contributed by atoms with van der Waals surface area (Å²) in [5.74, 6) is 1.26. The number of benzene rings is 1. The molecule has 1 atom stereocenters. The quantitative estimate of drug-likeness (QED) is 0.757. The van der Waals surface area contributed by atoms with Crippen LogP contribution in [0.4, 0.5) is 0 Å². The molecule has 0 bridgehead atoms. The highest BCUT2D eigenvalue weighted by molar-refractivity contribution is 9.10. The smallest absolute Gasteiger partial charge is 0.191 e. The van der Waals surface area contributed by atoms with Crippen molar-refractivity contribution in [1.82, 2.24) is 14.8 Å². The van der Waals surface area contributed by atoms with Crippen molar-refractivity contribution in [3.05, 3.63) is 35.1 Å². The average Bonchev–Trinajstić information content (AvgIpc) is 2.93. The Labute approximate surface area is 136 Å². The normalized spacial score (nSPS) is 12.6. The summed E-state index contributed by atoms with van der Waals surface area (Å²) in [7, 11) is 0. The van der Waals surface area contributed by atoms with Crippen molar-refractivity contribution < 1.29 is 9.84 Å². The lowest BCUT2D eigenvalue weighted by atomic mass is 10.3. The van der Waals surface area contributed by atoms with Crippen LogP contribution in [0.2, 0.25) is 0 Å². The lowest BCUT2D eigenvalue weighted by Crippen LogP contribution is -2.20. The minimum Gasteiger partial charge on any atom is -0.491 e. The molecule has 1 unspecified atom stereocenters. The molecule has 1 aromatic carbocycles. The van der Waals surface area contributed by atoms with E-state index in [1.807, 2.05) is 28.8 Å². The Morgan fingerprint density at radius 1 is 1.33 bits per heavy atom. The summed E-state index contributed by atoms with van der Waals surface area (Å²) in [6.45, 7) is 4.39. The molecule has 2 aromatic rings. The maximum Gasteiger partial charge on any atom is 0.191 e. The van der Waals surface area contributed by atoms with E-state index in [0.717, 1.165) is 15.4 Å². The van der Waals surface area contributed by atoms with Crippen LogP contribution in [0.1, 0.15) is 19.9 Å². The highest BCUT2D eigenvalue weighted by Crippen LogP contribution is 2.20. The van der Waals surface area contributed by atoms with Crippen molar-refractivity contribution in [2.45, 2.75) is 31.1 Å². The third kappa shape index (κ3) is 5.01. The topological polar surface area (TPSA) is 60.2 Å². The van der Waals surface area contributed by atoms with Gasteiger partial charge in [-0.05, 0) is 38.1 Å². The number of aliphatic hydroxyl groups is 1. The van der Waals surface area contributed by atoms with Gasteiger partial charge in [-0.25, -0.2) is 0 Å². The largest absolute Gasteiger partial charge is 0.491 e. The second kappa shape index (κ2) is 7.82. The molecule has 0 saturated heterocycles. The van der Waals surface area contributed by atoms with E-state index in [1.165, 1.54) is 11.8 Å². The van der Waals surface area contributed by atoms with Crippen LogP contribution in [0.15, 0.2) is 40.2 Å². The van der Waals surface area contributed by atoms with Crippen molar-refractivity contribution in [1.29, 1.82) is 0 Å². The molecule has 21 heavy (non-hydrogen) atoms. The van der Waals surface area contributed by atoms with E-state index in [-0.39, 0.29) is 6.61 Å². The zero-order valence-corrected chi connectivity index (χ0v) is 14.3. The molecule has 5 nitrogen and oxygen atoms in total. The summed E-state index contributed by atoms with van der Waals surface area (Å²) < 4.78 is 8.52. The van der Waals surface area contributed by atoms with Gasteiger partial charge in [-0.1, -0.05) is 27.7 Å². The SMILES string of the molecule is CC(C)n1cnnc1SCC(O)COc1ccc(Br)cc1. The van der Waals surface area contributed by atoms with Gasteiger partial charge in [0.25, 0.3) is 0 Å². The third-order valence-electron chi connectivity index (χ3n) is 2.76. The minimum atomic E-state index is -0.559. The molecule has 1 aromatic heterocycles. The fraction of sp³-hybridized carbons (Fsp3) is 0.429. The molecule has 0 aliphatic carbocycles. The van der Waals surface area contributed by atoms with Crippen molar-refractivity contribution in [3.8, 4) is 5.75 Å². The first-order chi connectivity index (χ1) is 10.1. The van der Waals surface area contributed by atoms with Gasteiger partial charge < -0.3 is 14.4 Å². The van der Waals surface area contributed by atoms with Crippen LogP contribution < -0.4 is 4.74 Å². The van der Waals surface area contributed by atoms with Crippen LogP contribution in [-0.4, -0.2) is 38.3 Å². The molecule has 0 aliphatic heterocycles. The highest BCUT2D eigenvalue weighted by atomic mass is 79.9. The number of hydrogen-bond acceptors (Lipinski definition) is 5. The van der Waals surface area contributed by atoms with Gasteiger partial charge in [-0.3, -0.25) is 0 Å². The Hall–Kier alpha value is -1.05. The lowest BCUT2D eigenvalue weighted by Gasteiger charge is -2.13. The van der Waals surface area contributed by atoms with Gasteiger partial charge in [0.05, 0.1) is 6.10 Å². The Morgan fingerprint density at radius 2 is 2.05 bits per heavy atom. The van der Waals surface area contributed by atoms with E-state index in [1.54, 1.807) is 6.33 Å². The lowest BCUT2D eigenvalue weighted by molar-refractivity contribution is 0.126. The molecule has 7 heteroatoms. The number of halogens is 1. The fourth-order valence-electron chi connectivity index (χ4n) is 1.63. The Kier molecular flexibility index (Phi) is 6.08. The first kappa shape index (κ1) is 16.3. The standard InChI is InChI=1S/C14H18BrN3O2S/c1-10(2)18-9-16-17-14(18)21-8-12(19)7-20-13-5-3-11(15)4-6-13/h3-6,9-10,12,19H,7-8H2,1-2H3. The zero-order valence-electron chi connectivity index (χ0n) is 11.9. The molecule has 0 radical (unpaired) electrons. The van der Waals surface area contributed by atoms with Crippen LogP contribution in [0.3, 0.4) is 0 Å². The van der Waals surface area contributed by atoms with Crippen molar-refractivity contribution in [2.75, 3.05) is 12.4 Å². The van der Waals surface area contributed by atoms with Crippen LogP contribution in [0.5, 0.6) is 5.75 Å². The van der Waals surface area contributed by atoms with Gasteiger partial charge in [0, 0.05) is 16.3 Å². The number of ether oxygens (including phenoxy) is 1. The molecule has 0 aliphatic rings. The van der Waals surface area contributed by atoms with Gasteiger partial charge >= 0.3 is 0 Å². The van der Waals surface area contributed by atoms with Crippen molar-refractivity contribution >= 4 is 27.7 Å². The monoisotopic (exact) mass is 371 g/mol. The molecular weight excluding hydrogens is 354 g/mol. The second-order valence-electron chi connectivity index (χ2n) is 4.84. The molecule has 2 rings (SSSR count). The molecule has 0 saturated carbocycles. The van der Waals surface area contributed by atoms with Crippen LogP contribution >= 0.6 is 27.7 Å². The first-order valence-electron chi connectivity index (χ1n) is 6.65. The third-order valence-corrected chi connectivity index (χ3v) is 4.39. The maximum absolute atomic E-state index is 9.98. The highest BCUT2D eigenvalue weighted by Gasteiger charge is 2.12. The van der Waals surface area contributed by atoms with Gasteiger partial charge in [0.1, 0.15) is 18.7 Å². The summed E-state index contributed by atoms with van der Waals surface area (Å²) in [5.41, 5.74) is 0. The summed E-state index contributed by atoms with van der Waals surface area (Å²) >= 11 is 4.85. The Balaban J connectivity index is 1.78. The molecule has 0 spiro atoms. The average molecular weight is 372 g/mol. The van der Waals surface area contributed by atoms with Gasteiger partial charge in [0.15, 0.2) is 5.16 Å². The zero-order chi connectivity index (χ0) is 15.2. The number of aromatic nitrogens is 3. The molecule has 1 N–H and O–H groups in total. The van der Waals surface area contributed by atoms with Crippen molar-refractivity contribution in [3.63, 3.8) is 0 Å². The maximum atomic E-state index is 9.98. The molecule has 0 fully saturated rings. The van der Waals surface area contributed by atoms with Crippen LogP contribution in [0.25, 0.3) is 0 Å². The fourth-order valence-corrected chi connectivity index (χ4v) is 2.85. The van der Waals surface area contributed by atoms with Crippen molar-refractivity contribution in [2.24, 2.45) is 0 Å². The molecule has 0 amide bonds. The second-order valence-corrected chi connectivity index (χ2v) is 6.75. The molecular formula is C14H18BrN3O2S. The van der Waals surface area contributed by atoms with E-state index in [0.29, 0.717) is 11.8 Å². The van der Waals surface area contributed by atoms with Crippen LogP contribution in [-0.2, 0) is 0 Å². The van der Waals surface area contributed by atoms with E-state index >= 15 is 0 Å². The molecule has 1 heterocycles. The molecule has 114 valence electrons. The van der Waals surface area contributed by atoms with E-state index in [9.17, 15) is 5.11 Å². The summed E-state index contributed by atoms with van der Waals surface area (Å²) in [4.78, 5) is 0. The summed E-state index contributed by atoms with van der Waals surface area (Å²) in [6.07, 6.45) is 1.15. The summed E-state index contributed by atoms with van der Waals surface area (Å²) in [6, 6.07) is 7.83. The number of nitrogens with zero attached hydrogens (tertiary/aromatic N) is 3. The van der Waals surface area contributed by atoms with Gasteiger partial charge in [-0.2, -0.15) is 0 Å². The van der Waals surface area contributed by atoms with Crippen LogP contribution in [0, 0.1) is 0 Å². The van der Waals surface area contributed by atoms with E-state index in [4.69, 9.17) is 4.74 Å².